The van der Waals surface area contributed by atoms with Crippen LogP contribution < -0.4 is 0 Å². The second-order valence-corrected chi connectivity index (χ2v) is 4.93. The number of methoxy groups -OCH3 is 1. The van der Waals surface area contributed by atoms with Gasteiger partial charge in [0.1, 0.15) is 0 Å². The Morgan fingerprint density at radius 2 is 1.94 bits per heavy atom. The number of aliphatic hydroxyl groups is 1. The van der Waals surface area contributed by atoms with Crippen molar-refractivity contribution in [2.75, 3.05) is 7.11 Å². The van der Waals surface area contributed by atoms with E-state index in [-0.39, 0.29) is 17.8 Å². The van der Waals surface area contributed by atoms with Gasteiger partial charge >= 0.3 is 5.97 Å². The molecule has 0 saturated heterocycles. The van der Waals surface area contributed by atoms with Gasteiger partial charge in [-0.2, -0.15) is 0 Å². The molecule has 1 aliphatic carbocycles. The van der Waals surface area contributed by atoms with Crippen molar-refractivity contribution < 1.29 is 14.6 Å². The molecule has 3 atom stereocenters. The van der Waals surface area contributed by atoms with Crippen LogP contribution in [0.25, 0.3) is 0 Å². The van der Waals surface area contributed by atoms with E-state index in [1.807, 2.05) is 30.3 Å². The fraction of sp³-hybridized carbons (Fsp3) is 0.533. The molecular weight excluding hydrogens is 228 g/mol. The summed E-state index contributed by atoms with van der Waals surface area (Å²) >= 11 is 0. The van der Waals surface area contributed by atoms with Gasteiger partial charge in [0.25, 0.3) is 0 Å². The van der Waals surface area contributed by atoms with Gasteiger partial charge in [-0.3, -0.25) is 4.79 Å². The highest BCUT2D eigenvalue weighted by atomic mass is 16.5. The second kappa shape index (κ2) is 6.01. The molecule has 1 N–H and O–H groups in total. The molecule has 1 aliphatic rings. The van der Waals surface area contributed by atoms with E-state index in [2.05, 4.69) is 0 Å². The van der Waals surface area contributed by atoms with Crippen molar-refractivity contribution >= 4 is 5.97 Å². The van der Waals surface area contributed by atoms with Crippen LogP contribution in [0, 0.1) is 5.92 Å². The lowest BCUT2D eigenvalue weighted by Crippen LogP contribution is -2.34. The highest BCUT2D eigenvalue weighted by Crippen LogP contribution is 2.37. The molecule has 98 valence electrons. The van der Waals surface area contributed by atoms with Gasteiger partial charge in [-0.1, -0.05) is 43.2 Å². The summed E-state index contributed by atoms with van der Waals surface area (Å²) in [5.41, 5.74) is 0.940. The molecule has 1 fully saturated rings. The van der Waals surface area contributed by atoms with Gasteiger partial charge in [-0.15, -0.1) is 0 Å². The number of rotatable bonds is 3. The minimum Gasteiger partial charge on any atom is -0.469 e. The van der Waals surface area contributed by atoms with Crippen LogP contribution in [0.3, 0.4) is 0 Å². The molecule has 0 radical (unpaired) electrons. The average molecular weight is 248 g/mol. The van der Waals surface area contributed by atoms with Crippen molar-refractivity contribution in [2.45, 2.75) is 37.7 Å². The summed E-state index contributed by atoms with van der Waals surface area (Å²) < 4.78 is 4.92. The second-order valence-electron chi connectivity index (χ2n) is 4.93. The summed E-state index contributed by atoms with van der Waals surface area (Å²) in [7, 11) is 1.41. The van der Waals surface area contributed by atoms with Crippen molar-refractivity contribution in [3.05, 3.63) is 35.9 Å². The first-order chi connectivity index (χ1) is 8.74. The smallest absolute Gasteiger partial charge is 0.313 e. The van der Waals surface area contributed by atoms with E-state index < -0.39 is 6.10 Å². The predicted octanol–water partition coefficient (Wildman–Crippen LogP) is 2.49. The highest BCUT2D eigenvalue weighted by molar-refractivity contribution is 5.78. The quantitative estimate of drug-likeness (QED) is 0.836. The zero-order valence-corrected chi connectivity index (χ0v) is 10.7. The van der Waals surface area contributed by atoms with Crippen molar-refractivity contribution in [2.24, 2.45) is 5.92 Å². The number of aliphatic hydroxyl groups excluding tert-OH is 1. The van der Waals surface area contributed by atoms with E-state index in [0.29, 0.717) is 0 Å². The number of ether oxygens (including phenoxy) is 1. The summed E-state index contributed by atoms with van der Waals surface area (Å²) in [5.74, 6) is -0.604. The molecule has 0 aliphatic heterocycles. The zero-order valence-electron chi connectivity index (χ0n) is 10.7. The zero-order chi connectivity index (χ0) is 13.0. The van der Waals surface area contributed by atoms with Crippen LogP contribution in [0.2, 0.25) is 0 Å². The summed E-state index contributed by atoms with van der Waals surface area (Å²) in [4.78, 5) is 12.0. The maximum Gasteiger partial charge on any atom is 0.313 e. The Balaban J connectivity index is 2.27. The Kier molecular flexibility index (Phi) is 4.37. The fourth-order valence-electron chi connectivity index (χ4n) is 2.87. The third-order valence-corrected chi connectivity index (χ3v) is 3.82. The Morgan fingerprint density at radius 3 is 2.56 bits per heavy atom. The van der Waals surface area contributed by atoms with E-state index in [1.54, 1.807) is 0 Å². The minimum atomic E-state index is -0.400. The van der Waals surface area contributed by atoms with Gasteiger partial charge in [0.2, 0.25) is 0 Å². The molecule has 1 aromatic rings. The van der Waals surface area contributed by atoms with Crippen LogP contribution in [0.5, 0.6) is 0 Å². The highest BCUT2D eigenvalue weighted by Gasteiger charge is 2.36. The third kappa shape index (κ3) is 2.72. The standard InChI is InChI=1S/C15H20O3/c1-18-15(17)14(11-7-3-2-4-8-11)12-9-5-6-10-13(12)16/h2-4,7-8,12-14,16H,5-6,9-10H2,1H3/t12-,13-,14+/m0/s1. The molecule has 1 saturated carbocycles. The van der Waals surface area contributed by atoms with Crippen LogP contribution in [0.1, 0.15) is 37.2 Å². The molecule has 2 rings (SSSR count). The topological polar surface area (TPSA) is 46.5 Å². The Morgan fingerprint density at radius 1 is 1.28 bits per heavy atom. The third-order valence-electron chi connectivity index (χ3n) is 3.82. The molecule has 0 unspecified atom stereocenters. The first-order valence-electron chi connectivity index (χ1n) is 6.55. The number of carbonyl (C=O) groups excluding carboxylic acids is 1. The lowest BCUT2D eigenvalue weighted by Gasteiger charge is -2.33. The number of hydrogen-bond donors (Lipinski definition) is 1. The number of benzene rings is 1. The number of esters is 1. The van der Waals surface area contributed by atoms with E-state index in [9.17, 15) is 9.90 Å². The first kappa shape index (κ1) is 13.1. The molecule has 0 heterocycles. The molecule has 0 spiro atoms. The molecule has 3 heteroatoms. The van der Waals surface area contributed by atoms with Crippen LogP contribution in [-0.2, 0) is 9.53 Å². The van der Waals surface area contributed by atoms with E-state index in [1.165, 1.54) is 7.11 Å². The van der Waals surface area contributed by atoms with Gasteiger partial charge in [0.05, 0.1) is 19.1 Å². The average Bonchev–Trinajstić information content (AvgIpc) is 2.42. The minimum absolute atomic E-state index is 0.0198. The molecule has 0 amide bonds. The first-order valence-corrected chi connectivity index (χ1v) is 6.55. The van der Waals surface area contributed by atoms with Gasteiger partial charge in [0, 0.05) is 5.92 Å². The van der Waals surface area contributed by atoms with Crippen molar-refractivity contribution in [1.29, 1.82) is 0 Å². The summed E-state index contributed by atoms with van der Waals surface area (Å²) in [5, 5.41) is 10.1. The van der Waals surface area contributed by atoms with Gasteiger partial charge < -0.3 is 9.84 Å². The number of hydrogen-bond acceptors (Lipinski definition) is 3. The lowest BCUT2D eigenvalue weighted by molar-refractivity contribution is -0.145. The Hall–Kier alpha value is -1.35. The Bertz CT molecular complexity index is 388. The lowest BCUT2D eigenvalue weighted by atomic mass is 9.75. The summed E-state index contributed by atoms with van der Waals surface area (Å²) in [6.45, 7) is 0. The van der Waals surface area contributed by atoms with E-state index in [4.69, 9.17) is 4.74 Å². The molecule has 3 nitrogen and oxygen atoms in total. The van der Waals surface area contributed by atoms with Gasteiger partial charge in [-0.25, -0.2) is 0 Å². The predicted molar refractivity (Wildman–Crippen MR) is 69.2 cm³/mol. The van der Waals surface area contributed by atoms with Crippen LogP contribution in [-0.4, -0.2) is 24.3 Å². The van der Waals surface area contributed by atoms with E-state index >= 15 is 0 Å². The maximum atomic E-state index is 12.0. The monoisotopic (exact) mass is 248 g/mol. The molecule has 1 aromatic carbocycles. The molecule has 0 bridgehead atoms. The normalized spacial score (nSPS) is 25.4. The van der Waals surface area contributed by atoms with Crippen molar-refractivity contribution in [1.82, 2.24) is 0 Å². The Labute approximate surface area is 108 Å². The van der Waals surface area contributed by atoms with Crippen molar-refractivity contribution in [3.8, 4) is 0 Å². The molecular formula is C15H20O3. The van der Waals surface area contributed by atoms with Gasteiger partial charge in [-0.05, 0) is 18.4 Å². The molecule has 18 heavy (non-hydrogen) atoms. The maximum absolute atomic E-state index is 12.0. The summed E-state index contributed by atoms with van der Waals surface area (Å²) in [6.07, 6.45) is 3.38. The van der Waals surface area contributed by atoms with Crippen LogP contribution >= 0.6 is 0 Å². The van der Waals surface area contributed by atoms with Crippen molar-refractivity contribution in [3.63, 3.8) is 0 Å². The SMILES string of the molecule is COC(=O)[C@H](c1ccccc1)[C@H]1CCCC[C@@H]1O. The van der Waals surface area contributed by atoms with Crippen LogP contribution in [0.4, 0.5) is 0 Å². The number of carbonyl (C=O) groups is 1. The van der Waals surface area contributed by atoms with Crippen LogP contribution in [0.15, 0.2) is 30.3 Å². The largest absolute Gasteiger partial charge is 0.469 e. The summed E-state index contributed by atoms with van der Waals surface area (Å²) in [6, 6.07) is 9.63. The van der Waals surface area contributed by atoms with E-state index in [0.717, 1.165) is 31.2 Å². The fourth-order valence-corrected chi connectivity index (χ4v) is 2.87. The molecule has 0 aromatic heterocycles. The van der Waals surface area contributed by atoms with Gasteiger partial charge in [0.15, 0.2) is 0 Å².